The van der Waals surface area contributed by atoms with Gasteiger partial charge < -0.3 is 10.2 Å². The highest BCUT2D eigenvalue weighted by atomic mass is 32.2. The molecule has 0 aromatic heterocycles. The lowest BCUT2D eigenvalue weighted by Crippen LogP contribution is -2.65. The van der Waals surface area contributed by atoms with Crippen molar-refractivity contribution in [2.75, 3.05) is 11.5 Å². The van der Waals surface area contributed by atoms with E-state index in [0.29, 0.717) is 12.8 Å². The maximum absolute atomic E-state index is 12.1. The van der Waals surface area contributed by atoms with Crippen molar-refractivity contribution in [2.45, 2.75) is 44.8 Å². The molecule has 2 fully saturated rings. The summed E-state index contributed by atoms with van der Waals surface area (Å²) in [6, 6.07) is -1.52. The van der Waals surface area contributed by atoms with Crippen LogP contribution in [-0.2, 0) is 19.4 Å². The second-order valence-electron chi connectivity index (χ2n) is 5.06. The van der Waals surface area contributed by atoms with E-state index in [4.69, 9.17) is 0 Å². The van der Waals surface area contributed by atoms with E-state index in [1.54, 1.807) is 13.8 Å². The topological polar surface area (TPSA) is 83.6 Å². The van der Waals surface area contributed by atoms with Gasteiger partial charge in [0.15, 0.2) is 9.84 Å². The van der Waals surface area contributed by atoms with Gasteiger partial charge in [0, 0.05) is 6.04 Å². The minimum atomic E-state index is -3.09. The second kappa shape index (κ2) is 4.53. The minimum absolute atomic E-state index is 0.0247. The Labute approximate surface area is 107 Å². The number of carbonyl (C=O) groups is 2. The van der Waals surface area contributed by atoms with Gasteiger partial charge in [-0.05, 0) is 26.7 Å². The summed E-state index contributed by atoms with van der Waals surface area (Å²) < 4.78 is 23.3. The number of amides is 2. The number of piperazine rings is 1. The minimum Gasteiger partial charge on any atom is -0.343 e. The molecule has 2 amide bonds. The van der Waals surface area contributed by atoms with Gasteiger partial charge in [0.2, 0.25) is 11.8 Å². The van der Waals surface area contributed by atoms with Crippen molar-refractivity contribution in [2.24, 2.45) is 0 Å². The van der Waals surface area contributed by atoms with Gasteiger partial charge in [-0.1, -0.05) is 0 Å². The highest BCUT2D eigenvalue weighted by Crippen LogP contribution is 2.22. The lowest BCUT2D eigenvalue weighted by atomic mass is 10.0. The van der Waals surface area contributed by atoms with Gasteiger partial charge in [-0.2, -0.15) is 0 Å². The van der Waals surface area contributed by atoms with E-state index in [0.717, 1.165) is 0 Å². The molecule has 7 heteroatoms. The summed E-state index contributed by atoms with van der Waals surface area (Å²) in [6.07, 6.45) is 1.20. The fourth-order valence-electron chi connectivity index (χ4n) is 2.65. The summed E-state index contributed by atoms with van der Waals surface area (Å²) in [4.78, 5) is 25.3. The highest BCUT2D eigenvalue weighted by Gasteiger charge is 2.42. The first-order chi connectivity index (χ1) is 8.32. The molecule has 0 aromatic rings. The van der Waals surface area contributed by atoms with Crippen LogP contribution in [-0.4, -0.2) is 54.8 Å². The van der Waals surface area contributed by atoms with E-state index in [1.165, 1.54) is 4.90 Å². The fourth-order valence-corrected chi connectivity index (χ4v) is 4.34. The van der Waals surface area contributed by atoms with E-state index < -0.39 is 21.9 Å². The zero-order valence-electron chi connectivity index (χ0n) is 10.5. The van der Waals surface area contributed by atoms with E-state index in [-0.39, 0.29) is 29.4 Å². The molecule has 0 aromatic carbocycles. The van der Waals surface area contributed by atoms with Crippen LogP contribution in [0.25, 0.3) is 0 Å². The maximum Gasteiger partial charge on any atom is 0.245 e. The molecule has 2 aliphatic rings. The molecular formula is C11H18N2O4S. The predicted molar refractivity (Wildman–Crippen MR) is 65.6 cm³/mol. The van der Waals surface area contributed by atoms with Crippen LogP contribution in [0.1, 0.15) is 26.7 Å². The largest absolute Gasteiger partial charge is 0.343 e. The Morgan fingerprint density at radius 2 is 1.94 bits per heavy atom. The third-order valence-corrected chi connectivity index (χ3v) is 5.42. The van der Waals surface area contributed by atoms with Crippen molar-refractivity contribution in [1.29, 1.82) is 0 Å². The summed E-state index contributed by atoms with van der Waals surface area (Å²) in [5.41, 5.74) is 0. The number of nitrogens with zero attached hydrogens (tertiary/aromatic N) is 1. The molecule has 0 saturated carbocycles. The first-order valence-electron chi connectivity index (χ1n) is 6.15. The molecule has 2 rings (SSSR count). The Hall–Kier alpha value is -1.11. The predicted octanol–water partition coefficient (Wildman–Crippen LogP) is -0.701. The third-order valence-electron chi connectivity index (χ3n) is 3.61. The van der Waals surface area contributed by atoms with Crippen LogP contribution in [0.5, 0.6) is 0 Å². The van der Waals surface area contributed by atoms with Gasteiger partial charge in [0.25, 0.3) is 0 Å². The summed E-state index contributed by atoms with van der Waals surface area (Å²) in [5.74, 6) is -0.251. The van der Waals surface area contributed by atoms with Gasteiger partial charge in [-0.25, -0.2) is 8.42 Å². The first-order valence-corrected chi connectivity index (χ1v) is 7.97. The standard InChI is InChI=1S/C11H18N2O4S/c1-7-11(15)13(8(2)10(14)12-7)9-4-3-5-18(16,17)6-9/h7-9H,3-6H2,1-2H3,(H,12,14). The molecule has 0 spiro atoms. The average Bonchev–Trinajstić information content (AvgIpc) is 2.25. The van der Waals surface area contributed by atoms with Crippen molar-refractivity contribution in [3.63, 3.8) is 0 Å². The van der Waals surface area contributed by atoms with E-state index in [1.807, 2.05) is 0 Å². The number of carbonyl (C=O) groups excluding carboxylic acids is 2. The van der Waals surface area contributed by atoms with E-state index >= 15 is 0 Å². The molecular weight excluding hydrogens is 256 g/mol. The number of hydrogen-bond acceptors (Lipinski definition) is 4. The summed E-state index contributed by atoms with van der Waals surface area (Å²) in [7, 11) is -3.09. The molecule has 2 saturated heterocycles. The number of sulfone groups is 1. The van der Waals surface area contributed by atoms with Crippen molar-refractivity contribution < 1.29 is 18.0 Å². The van der Waals surface area contributed by atoms with Crippen LogP contribution in [0.2, 0.25) is 0 Å². The third kappa shape index (κ3) is 2.36. The van der Waals surface area contributed by atoms with Gasteiger partial charge >= 0.3 is 0 Å². The SMILES string of the molecule is CC1NC(=O)C(C)N(C2CCCS(=O)(=O)C2)C1=O. The van der Waals surface area contributed by atoms with Crippen molar-refractivity contribution >= 4 is 21.7 Å². The highest BCUT2D eigenvalue weighted by molar-refractivity contribution is 7.91. The summed E-state index contributed by atoms with van der Waals surface area (Å²) in [5, 5.41) is 2.59. The molecule has 3 atom stereocenters. The Morgan fingerprint density at radius 1 is 1.28 bits per heavy atom. The lowest BCUT2D eigenvalue weighted by Gasteiger charge is -2.42. The monoisotopic (exact) mass is 274 g/mol. The van der Waals surface area contributed by atoms with E-state index in [9.17, 15) is 18.0 Å². The molecule has 18 heavy (non-hydrogen) atoms. The molecule has 0 aliphatic carbocycles. The Morgan fingerprint density at radius 3 is 2.56 bits per heavy atom. The quantitative estimate of drug-likeness (QED) is 0.685. The normalized spacial score (nSPS) is 36.3. The maximum atomic E-state index is 12.1. The second-order valence-corrected chi connectivity index (χ2v) is 7.29. The van der Waals surface area contributed by atoms with Crippen LogP contribution >= 0.6 is 0 Å². The van der Waals surface area contributed by atoms with Crippen LogP contribution in [0.3, 0.4) is 0 Å². The fraction of sp³-hybridized carbons (Fsp3) is 0.818. The zero-order chi connectivity index (χ0) is 13.5. The molecule has 2 aliphatic heterocycles. The van der Waals surface area contributed by atoms with Crippen LogP contribution in [0.4, 0.5) is 0 Å². The van der Waals surface area contributed by atoms with Crippen LogP contribution in [0.15, 0.2) is 0 Å². The Bertz CT molecular complexity index is 473. The molecule has 1 N–H and O–H groups in total. The Balaban J connectivity index is 2.24. The van der Waals surface area contributed by atoms with Gasteiger partial charge in [-0.15, -0.1) is 0 Å². The number of hydrogen-bond donors (Lipinski definition) is 1. The first kappa shape index (κ1) is 13.3. The summed E-state index contributed by atoms with van der Waals surface area (Å²) in [6.45, 7) is 3.26. The molecule has 0 radical (unpaired) electrons. The molecule has 0 bridgehead atoms. The van der Waals surface area contributed by atoms with Gasteiger partial charge in [-0.3, -0.25) is 9.59 Å². The van der Waals surface area contributed by atoms with Gasteiger partial charge in [0.05, 0.1) is 11.5 Å². The zero-order valence-corrected chi connectivity index (χ0v) is 11.4. The molecule has 2 heterocycles. The average molecular weight is 274 g/mol. The Kier molecular flexibility index (Phi) is 3.35. The van der Waals surface area contributed by atoms with Crippen molar-refractivity contribution in [3.8, 4) is 0 Å². The molecule has 3 unspecified atom stereocenters. The number of rotatable bonds is 1. The van der Waals surface area contributed by atoms with Crippen molar-refractivity contribution in [1.82, 2.24) is 10.2 Å². The van der Waals surface area contributed by atoms with E-state index in [2.05, 4.69) is 5.32 Å². The van der Waals surface area contributed by atoms with Gasteiger partial charge in [0.1, 0.15) is 12.1 Å². The van der Waals surface area contributed by atoms with Crippen molar-refractivity contribution in [3.05, 3.63) is 0 Å². The van der Waals surface area contributed by atoms with Crippen LogP contribution in [0, 0.1) is 0 Å². The molecule has 102 valence electrons. The van der Waals surface area contributed by atoms with Crippen LogP contribution < -0.4 is 5.32 Å². The smallest absolute Gasteiger partial charge is 0.245 e. The lowest BCUT2D eigenvalue weighted by molar-refractivity contribution is -0.150. The summed E-state index contributed by atoms with van der Waals surface area (Å²) >= 11 is 0. The molecule has 6 nitrogen and oxygen atoms in total. The number of nitrogens with one attached hydrogen (secondary N) is 1.